The van der Waals surface area contributed by atoms with Gasteiger partial charge in [0.2, 0.25) is 5.78 Å². The van der Waals surface area contributed by atoms with Crippen LogP contribution < -0.4 is 19.1 Å². The van der Waals surface area contributed by atoms with Gasteiger partial charge in [0.05, 0.1) is 23.5 Å². The van der Waals surface area contributed by atoms with Crippen LogP contribution in [0, 0.1) is 0 Å². The van der Waals surface area contributed by atoms with Gasteiger partial charge in [0.25, 0.3) is 0 Å². The van der Waals surface area contributed by atoms with E-state index in [0.29, 0.717) is 46.4 Å². The lowest BCUT2D eigenvalue weighted by Crippen LogP contribution is -2.29. The molecule has 4 aromatic carbocycles. The van der Waals surface area contributed by atoms with Crippen LogP contribution in [0.1, 0.15) is 22.8 Å². The molecule has 0 N–H and O–H groups in total. The second-order valence-electron chi connectivity index (χ2n) is 7.98. The largest absolute Gasteiger partial charge is 0.494 e. The average molecular weight is 478 g/mol. The molecule has 1 aliphatic heterocycles. The van der Waals surface area contributed by atoms with Crippen LogP contribution in [0.3, 0.4) is 0 Å². The number of para-hydroxylation sites is 2. The molecule has 0 aliphatic carbocycles. The fourth-order valence-electron chi connectivity index (χ4n) is 3.90. The van der Waals surface area contributed by atoms with E-state index >= 15 is 0 Å². The van der Waals surface area contributed by atoms with Crippen LogP contribution in [0.4, 0.5) is 16.2 Å². The van der Waals surface area contributed by atoms with E-state index in [-0.39, 0.29) is 11.5 Å². The minimum absolute atomic E-state index is 0.192. The number of fused-ring (bicyclic) bond motifs is 1. The molecule has 0 atom stereocenters. The molecule has 0 saturated heterocycles. The Morgan fingerprint density at radius 1 is 0.833 bits per heavy atom. The molecule has 4 aromatic rings. The second-order valence-corrected chi connectivity index (χ2v) is 7.98. The molecule has 1 amide bonds. The first-order valence-corrected chi connectivity index (χ1v) is 11.6. The Kier molecular flexibility index (Phi) is 6.49. The molecule has 0 spiro atoms. The summed E-state index contributed by atoms with van der Waals surface area (Å²) in [6.07, 6.45) is 1.08. The van der Waals surface area contributed by atoms with Crippen molar-refractivity contribution in [3.63, 3.8) is 0 Å². The summed E-state index contributed by atoms with van der Waals surface area (Å²) in [5.74, 6) is 1.42. The first-order valence-electron chi connectivity index (χ1n) is 11.6. The van der Waals surface area contributed by atoms with Gasteiger partial charge in [-0.05, 0) is 67.1 Å². The Bertz CT molecular complexity index is 1390. The van der Waals surface area contributed by atoms with Gasteiger partial charge in [-0.1, -0.05) is 48.5 Å². The molecule has 178 valence electrons. The first-order chi connectivity index (χ1) is 17.6. The van der Waals surface area contributed by atoms with Crippen molar-refractivity contribution in [2.45, 2.75) is 6.92 Å². The van der Waals surface area contributed by atoms with Gasteiger partial charge < -0.3 is 14.2 Å². The monoisotopic (exact) mass is 477 g/mol. The van der Waals surface area contributed by atoms with E-state index in [0.717, 1.165) is 0 Å². The number of hydrogen-bond donors (Lipinski definition) is 0. The van der Waals surface area contributed by atoms with Crippen LogP contribution in [0.25, 0.3) is 6.08 Å². The molecular weight excluding hydrogens is 454 g/mol. The van der Waals surface area contributed by atoms with E-state index in [9.17, 15) is 9.59 Å². The number of ketones is 1. The molecule has 0 fully saturated rings. The Morgan fingerprint density at radius 3 is 2.19 bits per heavy atom. The van der Waals surface area contributed by atoms with Gasteiger partial charge >= 0.3 is 6.09 Å². The van der Waals surface area contributed by atoms with Gasteiger partial charge in [-0.2, -0.15) is 0 Å². The highest BCUT2D eigenvalue weighted by Crippen LogP contribution is 2.35. The minimum atomic E-state index is -0.554. The Morgan fingerprint density at radius 2 is 1.53 bits per heavy atom. The standard InChI is InChI=1S/C30H23NO5/c1-2-34-24-16-17-26-27(20-24)36-28(29(26)32)19-21-10-9-15-25(18-21)35-30(33)31(22-11-5-3-6-12-22)23-13-7-4-8-14-23/h3-20H,2H2,1H3/b28-19-. The summed E-state index contributed by atoms with van der Waals surface area (Å²) in [5, 5.41) is 0. The number of benzene rings is 4. The summed E-state index contributed by atoms with van der Waals surface area (Å²) in [6.45, 7) is 2.41. The maximum atomic E-state index is 13.3. The van der Waals surface area contributed by atoms with Crippen molar-refractivity contribution in [3.8, 4) is 17.2 Å². The summed E-state index contributed by atoms with van der Waals surface area (Å²) in [7, 11) is 0. The molecule has 1 heterocycles. The molecule has 0 aromatic heterocycles. The van der Waals surface area contributed by atoms with Crippen molar-refractivity contribution in [2.24, 2.45) is 0 Å². The number of Topliss-reactive ketones (excluding diaryl/α,β-unsaturated/α-hetero) is 1. The third-order valence-corrected chi connectivity index (χ3v) is 5.52. The topological polar surface area (TPSA) is 65.1 Å². The molecule has 0 saturated carbocycles. The summed E-state index contributed by atoms with van der Waals surface area (Å²) >= 11 is 0. The highest BCUT2D eigenvalue weighted by atomic mass is 16.6. The number of amides is 1. The Hall–Kier alpha value is -4.84. The van der Waals surface area contributed by atoms with Crippen molar-refractivity contribution in [3.05, 3.63) is 120 Å². The average Bonchev–Trinajstić information content (AvgIpc) is 3.20. The fourth-order valence-corrected chi connectivity index (χ4v) is 3.90. The molecule has 5 rings (SSSR count). The van der Waals surface area contributed by atoms with Crippen LogP contribution in [0.2, 0.25) is 0 Å². The normalized spacial score (nSPS) is 13.1. The molecule has 36 heavy (non-hydrogen) atoms. The Balaban J connectivity index is 1.38. The number of rotatable bonds is 6. The van der Waals surface area contributed by atoms with E-state index in [1.54, 1.807) is 42.5 Å². The molecule has 0 radical (unpaired) electrons. The zero-order valence-electron chi connectivity index (χ0n) is 19.6. The second kappa shape index (κ2) is 10.2. The highest BCUT2D eigenvalue weighted by molar-refractivity contribution is 6.14. The fraction of sp³-hybridized carbons (Fsp3) is 0.0667. The van der Waals surface area contributed by atoms with Crippen LogP contribution in [0.5, 0.6) is 17.2 Å². The molecule has 1 aliphatic rings. The molecular formula is C30H23NO5. The lowest BCUT2D eigenvalue weighted by Gasteiger charge is -2.22. The number of hydrogen-bond acceptors (Lipinski definition) is 5. The molecule has 0 bridgehead atoms. The lowest BCUT2D eigenvalue weighted by atomic mass is 10.1. The van der Waals surface area contributed by atoms with Crippen molar-refractivity contribution >= 4 is 29.3 Å². The predicted octanol–water partition coefficient (Wildman–Crippen LogP) is 7.04. The van der Waals surface area contributed by atoms with E-state index in [4.69, 9.17) is 14.2 Å². The van der Waals surface area contributed by atoms with E-state index < -0.39 is 6.09 Å². The van der Waals surface area contributed by atoms with E-state index in [2.05, 4.69) is 0 Å². The molecule has 6 heteroatoms. The first kappa shape index (κ1) is 22.9. The number of nitrogens with zero attached hydrogens (tertiary/aromatic N) is 1. The number of ether oxygens (including phenoxy) is 3. The number of carbonyl (C=O) groups is 2. The van der Waals surface area contributed by atoms with Crippen LogP contribution in [-0.4, -0.2) is 18.5 Å². The van der Waals surface area contributed by atoms with E-state index in [1.165, 1.54) is 4.90 Å². The number of anilines is 2. The third kappa shape index (κ3) is 4.83. The van der Waals surface area contributed by atoms with E-state index in [1.807, 2.05) is 73.7 Å². The summed E-state index contributed by atoms with van der Waals surface area (Å²) < 4.78 is 17.0. The number of carbonyl (C=O) groups excluding carboxylic acids is 2. The summed E-state index contributed by atoms with van der Waals surface area (Å²) in [6, 6.07) is 30.7. The zero-order chi connectivity index (χ0) is 24.9. The van der Waals surface area contributed by atoms with Crippen molar-refractivity contribution in [1.29, 1.82) is 0 Å². The molecule has 6 nitrogen and oxygen atoms in total. The summed E-state index contributed by atoms with van der Waals surface area (Å²) in [5.41, 5.74) is 2.50. The van der Waals surface area contributed by atoms with Crippen molar-refractivity contribution < 1.29 is 23.8 Å². The third-order valence-electron chi connectivity index (χ3n) is 5.52. The van der Waals surface area contributed by atoms with Crippen LogP contribution >= 0.6 is 0 Å². The lowest BCUT2D eigenvalue weighted by molar-refractivity contribution is 0.101. The SMILES string of the molecule is CCOc1ccc2c(c1)O/C(=C\c1cccc(OC(=O)N(c3ccccc3)c3ccccc3)c1)C2=O. The van der Waals surface area contributed by atoms with Gasteiger partial charge in [-0.3, -0.25) is 4.79 Å². The number of allylic oxidation sites excluding steroid dienone is 1. The predicted molar refractivity (Wildman–Crippen MR) is 138 cm³/mol. The van der Waals surface area contributed by atoms with Gasteiger partial charge in [0, 0.05) is 6.07 Å². The minimum Gasteiger partial charge on any atom is -0.494 e. The van der Waals surface area contributed by atoms with Gasteiger partial charge in [-0.25, -0.2) is 9.69 Å². The highest BCUT2D eigenvalue weighted by Gasteiger charge is 2.28. The zero-order valence-corrected chi connectivity index (χ0v) is 19.6. The quantitative estimate of drug-likeness (QED) is 0.279. The van der Waals surface area contributed by atoms with Gasteiger partial charge in [0.1, 0.15) is 17.2 Å². The van der Waals surface area contributed by atoms with Crippen molar-refractivity contribution in [1.82, 2.24) is 0 Å². The summed E-state index contributed by atoms with van der Waals surface area (Å²) in [4.78, 5) is 27.6. The van der Waals surface area contributed by atoms with Gasteiger partial charge in [0.15, 0.2) is 5.76 Å². The van der Waals surface area contributed by atoms with Crippen LogP contribution in [-0.2, 0) is 0 Å². The van der Waals surface area contributed by atoms with Crippen molar-refractivity contribution in [2.75, 3.05) is 11.5 Å². The van der Waals surface area contributed by atoms with Gasteiger partial charge in [-0.15, -0.1) is 0 Å². The smallest absolute Gasteiger partial charge is 0.424 e. The molecule has 0 unspecified atom stereocenters. The Labute approximate surface area is 209 Å². The maximum Gasteiger partial charge on any atom is 0.424 e. The van der Waals surface area contributed by atoms with Crippen LogP contribution in [0.15, 0.2) is 109 Å². The maximum absolute atomic E-state index is 13.3.